The zero-order valence-corrected chi connectivity index (χ0v) is 9.92. The Morgan fingerprint density at radius 3 is 2.68 bits per heavy atom. The molecule has 0 bridgehead atoms. The zero-order chi connectivity index (χ0) is 14.0. The molecular weight excluding hydrogens is 253 g/mol. The number of nitrogens with zero attached hydrogens (tertiary/aromatic N) is 2. The lowest BCUT2D eigenvalue weighted by molar-refractivity contribution is 0.0692. The molecule has 0 radical (unpaired) electrons. The number of hydrogen-bond acceptors (Lipinski definition) is 3. The molecule has 0 aliphatic carbocycles. The van der Waals surface area contributed by atoms with Gasteiger partial charge in [-0.25, -0.2) is 14.2 Å². The third kappa shape index (κ3) is 2.59. The molecule has 0 unspecified atom stereocenters. The van der Waals surface area contributed by atoms with Crippen molar-refractivity contribution in [1.29, 1.82) is 0 Å². The van der Waals surface area contributed by atoms with Gasteiger partial charge in [-0.1, -0.05) is 0 Å². The van der Waals surface area contributed by atoms with E-state index in [1.807, 2.05) is 0 Å². The molecular formula is C12H10FN3O3. The normalized spacial score (nSPS) is 10.2. The molecule has 98 valence electrons. The van der Waals surface area contributed by atoms with Crippen LogP contribution in [0.2, 0.25) is 0 Å². The molecule has 6 nitrogen and oxygen atoms in total. The number of carbonyl (C=O) groups excluding carboxylic acids is 1. The van der Waals surface area contributed by atoms with Crippen LogP contribution in [0.4, 0.5) is 10.1 Å². The first kappa shape index (κ1) is 12.7. The van der Waals surface area contributed by atoms with Crippen molar-refractivity contribution in [3.8, 4) is 0 Å². The smallest absolute Gasteiger partial charge is 0.338 e. The van der Waals surface area contributed by atoms with Crippen molar-refractivity contribution < 1.29 is 19.1 Å². The van der Waals surface area contributed by atoms with E-state index in [1.165, 1.54) is 23.2 Å². The number of halogens is 1. The Kier molecular flexibility index (Phi) is 3.28. The highest BCUT2D eigenvalue weighted by atomic mass is 19.1. The first-order valence-corrected chi connectivity index (χ1v) is 5.29. The number of carbonyl (C=O) groups is 2. The van der Waals surface area contributed by atoms with Crippen molar-refractivity contribution in [3.63, 3.8) is 0 Å². The molecule has 0 aliphatic rings. The third-order valence-electron chi connectivity index (χ3n) is 2.51. The minimum atomic E-state index is -1.36. The summed E-state index contributed by atoms with van der Waals surface area (Å²) in [5.74, 6) is -2.72. The Balaban J connectivity index is 2.21. The number of benzene rings is 1. The van der Waals surface area contributed by atoms with E-state index in [4.69, 9.17) is 5.11 Å². The summed E-state index contributed by atoms with van der Waals surface area (Å²) in [5.41, 5.74) is 0.0370. The van der Waals surface area contributed by atoms with Gasteiger partial charge in [-0.15, -0.1) is 0 Å². The standard InChI is InChI=1S/C12H10FN3O3/c1-16-6-14-5-10(16)11(17)15-7-2-3-8(12(18)19)9(13)4-7/h2-6H,1H3,(H,15,17)(H,18,19). The highest BCUT2D eigenvalue weighted by molar-refractivity contribution is 6.03. The maximum atomic E-state index is 13.4. The molecule has 1 aromatic heterocycles. The van der Waals surface area contributed by atoms with E-state index in [2.05, 4.69) is 10.3 Å². The molecule has 1 heterocycles. The number of carboxylic acids is 1. The van der Waals surface area contributed by atoms with Crippen molar-refractivity contribution in [2.24, 2.45) is 7.05 Å². The van der Waals surface area contributed by atoms with E-state index < -0.39 is 23.3 Å². The largest absolute Gasteiger partial charge is 0.478 e. The maximum Gasteiger partial charge on any atom is 0.338 e. The number of rotatable bonds is 3. The molecule has 1 aromatic carbocycles. The molecule has 0 spiro atoms. The minimum absolute atomic E-state index is 0.175. The molecule has 0 atom stereocenters. The SMILES string of the molecule is Cn1cncc1C(=O)Nc1ccc(C(=O)O)c(F)c1. The molecule has 2 aromatic rings. The van der Waals surface area contributed by atoms with E-state index >= 15 is 0 Å². The highest BCUT2D eigenvalue weighted by Gasteiger charge is 2.13. The molecule has 2 N–H and O–H groups in total. The van der Waals surface area contributed by atoms with Crippen molar-refractivity contribution in [3.05, 3.63) is 47.8 Å². The van der Waals surface area contributed by atoms with Crippen molar-refractivity contribution >= 4 is 17.6 Å². The van der Waals surface area contributed by atoms with Crippen LogP contribution >= 0.6 is 0 Å². The summed E-state index contributed by atoms with van der Waals surface area (Å²) in [7, 11) is 1.65. The Bertz CT molecular complexity index is 651. The van der Waals surface area contributed by atoms with Gasteiger partial charge in [-0.05, 0) is 18.2 Å². The number of aryl methyl sites for hydroxylation is 1. The predicted molar refractivity (Wildman–Crippen MR) is 64.5 cm³/mol. The van der Waals surface area contributed by atoms with Gasteiger partial charge in [0.2, 0.25) is 0 Å². The summed E-state index contributed by atoms with van der Waals surface area (Å²) in [5, 5.41) is 11.1. The summed E-state index contributed by atoms with van der Waals surface area (Å²) in [6, 6.07) is 3.37. The lowest BCUT2D eigenvalue weighted by atomic mass is 10.2. The van der Waals surface area contributed by atoms with Crippen LogP contribution in [0.3, 0.4) is 0 Å². The summed E-state index contributed by atoms with van der Waals surface area (Å²) < 4.78 is 14.9. The van der Waals surface area contributed by atoms with Crippen LogP contribution in [-0.2, 0) is 7.05 Å². The van der Waals surface area contributed by atoms with E-state index in [1.54, 1.807) is 7.05 Å². The molecule has 0 saturated heterocycles. The number of amides is 1. The lowest BCUT2D eigenvalue weighted by Crippen LogP contribution is -2.15. The van der Waals surface area contributed by atoms with E-state index in [9.17, 15) is 14.0 Å². The van der Waals surface area contributed by atoms with Crippen LogP contribution in [0.25, 0.3) is 0 Å². The number of aromatic nitrogens is 2. The Hall–Kier alpha value is -2.70. The fourth-order valence-corrected chi connectivity index (χ4v) is 1.54. The van der Waals surface area contributed by atoms with Gasteiger partial charge in [0.1, 0.15) is 11.5 Å². The topological polar surface area (TPSA) is 84.2 Å². The number of imidazole rings is 1. The van der Waals surface area contributed by atoms with Crippen LogP contribution in [0.1, 0.15) is 20.8 Å². The van der Waals surface area contributed by atoms with Gasteiger partial charge in [-0.2, -0.15) is 0 Å². The first-order valence-electron chi connectivity index (χ1n) is 5.29. The number of aromatic carboxylic acids is 1. The Morgan fingerprint density at radius 1 is 1.42 bits per heavy atom. The number of anilines is 1. The molecule has 2 rings (SSSR count). The van der Waals surface area contributed by atoms with Gasteiger partial charge in [0.25, 0.3) is 5.91 Å². The molecule has 19 heavy (non-hydrogen) atoms. The fourth-order valence-electron chi connectivity index (χ4n) is 1.54. The number of nitrogens with one attached hydrogen (secondary N) is 1. The molecule has 0 saturated carbocycles. The Morgan fingerprint density at radius 2 is 2.16 bits per heavy atom. The van der Waals surface area contributed by atoms with Crippen LogP contribution in [0.15, 0.2) is 30.7 Å². The van der Waals surface area contributed by atoms with Crippen molar-refractivity contribution in [2.45, 2.75) is 0 Å². The Labute approximate surface area is 107 Å². The molecule has 1 amide bonds. The van der Waals surface area contributed by atoms with Gasteiger partial charge < -0.3 is 15.0 Å². The molecule has 0 aliphatic heterocycles. The average Bonchev–Trinajstić information content (AvgIpc) is 2.75. The van der Waals surface area contributed by atoms with E-state index in [-0.39, 0.29) is 5.69 Å². The van der Waals surface area contributed by atoms with Crippen LogP contribution < -0.4 is 5.32 Å². The van der Waals surface area contributed by atoms with Gasteiger partial charge in [-0.3, -0.25) is 4.79 Å². The second-order valence-corrected chi connectivity index (χ2v) is 3.84. The van der Waals surface area contributed by atoms with Crippen molar-refractivity contribution in [2.75, 3.05) is 5.32 Å². The third-order valence-corrected chi connectivity index (χ3v) is 2.51. The van der Waals surface area contributed by atoms with Gasteiger partial charge in [0.05, 0.1) is 18.1 Å². The van der Waals surface area contributed by atoms with Gasteiger partial charge in [0, 0.05) is 12.7 Å². The first-order chi connectivity index (χ1) is 8.99. The monoisotopic (exact) mass is 263 g/mol. The number of hydrogen-bond donors (Lipinski definition) is 2. The van der Waals surface area contributed by atoms with Crippen LogP contribution in [0.5, 0.6) is 0 Å². The minimum Gasteiger partial charge on any atom is -0.478 e. The van der Waals surface area contributed by atoms with Crippen molar-refractivity contribution in [1.82, 2.24) is 9.55 Å². The second-order valence-electron chi connectivity index (χ2n) is 3.84. The van der Waals surface area contributed by atoms with E-state index in [0.717, 1.165) is 12.1 Å². The summed E-state index contributed by atoms with van der Waals surface area (Å²) in [6.07, 6.45) is 2.83. The lowest BCUT2D eigenvalue weighted by Gasteiger charge is -2.06. The maximum absolute atomic E-state index is 13.4. The summed E-state index contributed by atoms with van der Waals surface area (Å²) >= 11 is 0. The zero-order valence-electron chi connectivity index (χ0n) is 9.92. The second kappa shape index (κ2) is 4.89. The van der Waals surface area contributed by atoms with Crippen LogP contribution in [-0.4, -0.2) is 26.5 Å². The van der Waals surface area contributed by atoms with Crippen LogP contribution in [0, 0.1) is 5.82 Å². The predicted octanol–water partition coefficient (Wildman–Crippen LogP) is 1.51. The quantitative estimate of drug-likeness (QED) is 0.879. The van der Waals surface area contributed by atoms with Gasteiger partial charge in [0.15, 0.2) is 0 Å². The fraction of sp³-hybridized carbons (Fsp3) is 0.0833. The summed E-state index contributed by atoms with van der Waals surface area (Å²) in [4.78, 5) is 26.3. The average molecular weight is 263 g/mol. The molecule has 0 fully saturated rings. The summed E-state index contributed by atoms with van der Waals surface area (Å²) in [6.45, 7) is 0. The van der Waals surface area contributed by atoms with E-state index in [0.29, 0.717) is 5.69 Å². The van der Waals surface area contributed by atoms with Gasteiger partial charge >= 0.3 is 5.97 Å². The highest BCUT2D eigenvalue weighted by Crippen LogP contribution is 2.15. The number of carboxylic acid groups (broad SMARTS) is 1. The molecule has 7 heteroatoms.